The minimum atomic E-state index is -3.92. The van der Waals surface area contributed by atoms with Crippen LogP contribution in [0.1, 0.15) is 26.4 Å². The van der Waals surface area contributed by atoms with Crippen LogP contribution in [0.4, 0.5) is 0 Å². The number of halogens is 1. The Kier molecular flexibility index (Phi) is 7.32. The Morgan fingerprint density at radius 2 is 2.16 bits per heavy atom. The summed E-state index contributed by atoms with van der Waals surface area (Å²) in [7, 11) is -2.72. The molecule has 0 atom stereocenters. The van der Waals surface area contributed by atoms with Gasteiger partial charge in [0, 0.05) is 29.1 Å². The van der Waals surface area contributed by atoms with E-state index in [1.807, 2.05) is 6.07 Å². The van der Waals surface area contributed by atoms with Crippen LogP contribution in [-0.4, -0.2) is 45.4 Å². The molecule has 0 saturated heterocycles. The molecule has 10 heteroatoms. The van der Waals surface area contributed by atoms with E-state index in [2.05, 4.69) is 11.3 Å². The van der Waals surface area contributed by atoms with Crippen molar-refractivity contribution in [1.82, 2.24) is 9.62 Å². The molecule has 0 fully saturated rings. The zero-order chi connectivity index (χ0) is 22.6. The van der Waals surface area contributed by atoms with Gasteiger partial charge in [-0.3, -0.25) is 4.79 Å². The summed E-state index contributed by atoms with van der Waals surface area (Å²) in [6, 6.07) is 7.12. The number of amides is 1. The summed E-state index contributed by atoms with van der Waals surface area (Å²) in [5.41, 5.74) is 1.45. The van der Waals surface area contributed by atoms with Crippen molar-refractivity contribution in [1.29, 1.82) is 0 Å². The minimum absolute atomic E-state index is 0.0322. The fraction of sp³-hybridized carbons (Fsp3) is 0.238. The van der Waals surface area contributed by atoms with Crippen molar-refractivity contribution in [3.63, 3.8) is 0 Å². The van der Waals surface area contributed by atoms with E-state index in [1.54, 1.807) is 29.2 Å². The monoisotopic (exact) mass is 480 g/mol. The predicted molar refractivity (Wildman–Crippen MR) is 121 cm³/mol. The van der Waals surface area contributed by atoms with Crippen LogP contribution in [0.25, 0.3) is 6.08 Å². The van der Waals surface area contributed by atoms with Crippen LogP contribution < -0.4 is 4.72 Å². The molecule has 1 aromatic carbocycles. The van der Waals surface area contributed by atoms with E-state index in [4.69, 9.17) is 16.3 Å². The van der Waals surface area contributed by atoms with E-state index in [1.165, 1.54) is 19.3 Å². The topological polar surface area (TPSA) is 92.8 Å². The van der Waals surface area contributed by atoms with Crippen molar-refractivity contribution in [2.24, 2.45) is 0 Å². The molecule has 0 bridgehead atoms. The van der Waals surface area contributed by atoms with Gasteiger partial charge in [0.2, 0.25) is 5.91 Å². The molecule has 1 aliphatic rings. The highest BCUT2D eigenvalue weighted by Crippen LogP contribution is 2.36. The second-order valence-electron chi connectivity index (χ2n) is 6.70. The lowest BCUT2D eigenvalue weighted by Gasteiger charge is -2.26. The maximum absolute atomic E-state index is 12.7. The number of nitrogens with zero attached hydrogens (tertiary/aromatic N) is 1. The minimum Gasteiger partial charge on any atom is -0.465 e. The van der Waals surface area contributed by atoms with Gasteiger partial charge in [-0.1, -0.05) is 29.8 Å². The first-order valence-corrected chi connectivity index (χ1v) is 12.0. The molecule has 0 spiro atoms. The number of ether oxygens (including phenoxy) is 1. The highest BCUT2D eigenvalue weighted by atomic mass is 35.5. The molecule has 1 aromatic heterocycles. The number of esters is 1. The molecule has 0 unspecified atom stereocenters. The van der Waals surface area contributed by atoms with Gasteiger partial charge in [0.15, 0.2) is 0 Å². The Labute approximate surface area is 190 Å². The number of hydrogen-bond donors (Lipinski definition) is 1. The van der Waals surface area contributed by atoms with E-state index in [0.29, 0.717) is 28.4 Å². The van der Waals surface area contributed by atoms with Gasteiger partial charge in [-0.05, 0) is 35.8 Å². The molecule has 1 N–H and O–H groups in total. The number of methoxy groups -OCH3 is 1. The lowest BCUT2D eigenvalue weighted by atomic mass is 10.0. The van der Waals surface area contributed by atoms with Crippen molar-refractivity contribution in [3.05, 3.63) is 69.6 Å². The standard InChI is InChI=1S/C21H21ClN2O5S2/c1-3-10-23-31(27,28)21-19(20(26)29-2)16-9-11-24(13-17(16)30-21)18(25)8-7-14-5-4-6-15(22)12-14/h3-8,12,23H,1,9-11,13H2,2H3. The first-order valence-electron chi connectivity index (χ1n) is 9.32. The first-order chi connectivity index (χ1) is 14.8. The van der Waals surface area contributed by atoms with Gasteiger partial charge in [0.1, 0.15) is 4.21 Å². The highest BCUT2D eigenvalue weighted by molar-refractivity contribution is 7.91. The molecule has 0 aliphatic carbocycles. The van der Waals surface area contributed by atoms with Crippen LogP contribution >= 0.6 is 22.9 Å². The Morgan fingerprint density at radius 1 is 1.39 bits per heavy atom. The molecular formula is C21H21ClN2O5S2. The van der Waals surface area contributed by atoms with Gasteiger partial charge in [0.05, 0.1) is 19.2 Å². The van der Waals surface area contributed by atoms with Crippen LogP contribution in [0.5, 0.6) is 0 Å². The molecule has 2 heterocycles. The molecule has 7 nitrogen and oxygen atoms in total. The van der Waals surface area contributed by atoms with Crippen LogP contribution in [0, 0.1) is 0 Å². The summed E-state index contributed by atoms with van der Waals surface area (Å²) < 4.78 is 32.5. The van der Waals surface area contributed by atoms with E-state index in [0.717, 1.165) is 16.9 Å². The van der Waals surface area contributed by atoms with E-state index in [9.17, 15) is 18.0 Å². The van der Waals surface area contributed by atoms with Gasteiger partial charge < -0.3 is 9.64 Å². The third-order valence-corrected chi connectivity index (χ3v) is 8.05. The van der Waals surface area contributed by atoms with Crippen molar-refractivity contribution in [2.45, 2.75) is 17.2 Å². The normalized spacial score (nSPS) is 13.8. The number of hydrogen-bond acceptors (Lipinski definition) is 6. The summed E-state index contributed by atoms with van der Waals surface area (Å²) in [4.78, 5) is 27.3. The molecule has 1 aliphatic heterocycles. The quantitative estimate of drug-likeness (QED) is 0.373. The second kappa shape index (κ2) is 9.78. The average Bonchev–Trinajstić information content (AvgIpc) is 3.15. The number of carbonyl (C=O) groups excluding carboxylic acids is 2. The number of rotatable bonds is 7. The zero-order valence-corrected chi connectivity index (χ0v) is 19.1. The van der Waals surface area contributed by atoms with E-state index in [-0.39, 0.29) is 28.8 Å². The predicted octanol–water partition coefficient (Wildman–Crippen LogP) is 3.25. The van der Waals surface area contributed by atoms with Gasteiger partial charge in [-0.15, -0.1) is 17.9 Å². The summed E-state index contributed by atoms with van der Waals surface area (Å²) in [6.07, 6.45) is 4.89. The van der Waals surface area contributed by atoms with Crippen molar-refractivity contribution in [3.8, 4) is 0 Å². The third-order valence-electron chi connectivity index (χ3n) is 4.65. The maximum Gasteiger partial charge on any atom is 0.340 e. The molecule has 1 amide bonds. The molecular weight excluding hydrogens is 460 g/mol. The van der Waals surface area contributed by atoms with E-state index < -0.39 is 16.0 Å². The zero-order valence-electron chi connectivity index (χ0n) is 16.8. The van der Waals surface area contributed by atoms with Gasteiger partial charge in [0.25, 0.3) is 10.0 Å². The van der Waals surface area contributed by atoms with Crippen LogP contribution in [-0.2, 0) is 32.5 Å². The lowest BCUT2D eigenvalue weighted by Crippen LogP contribution is -2.34. The largest absolute Gasteiger partial charge is 0.465 e. The van der Waals surface area contributed by atoms with Crippen LogP contribution in [0.15, 0.2) is 47.2 Å². The fourth-order valence-corrected chi connectivity index (χ4v) is 6.32. The molecule has 164 valence electrons. The fourth-order valence-electron chi connectivity index (χ4n) is 3.18. The van der Waals surface area contributed by atoms with Gasteiger partial charge in [-0.2, -0.15) is 0 Å². The van der Waals surface area contributed by atoms with Crippen molar-refractivity contribution < 1.29 is 22.7 Å². The Hall–Kier alpha value is -2.46. The van der Waals surface area contributed by atoms with Crippen molar-refractivity contribution in [2.75, 3.05) is 20.2 Å². The Balaban J connectivity index is 1.87. The number of benzene rings is 1. The van der Waals surface area contributed by atoms with Crippen LogP contribution in [0.2, 0.25) is 5.02 Å². The van der Waals surface area contributed by atoms with Crippen molar-refractivity contribution >= 4 is 50.9 Å². The summed E-state index contributed by atoms with van der Waals surface area (Å²) in [5.74, 6) is -0.926. The number of nitrogens with one attached hydrogen (secondary N) is 1. The van der Waals surface area contributed by atoms with Gasteiger partial charge >= 0.3 is 5.97 Å². The molecule has 0 radical (unpaired) electrons. The lowest BCUT2D eigenvalue weighted by molar-refractivity contribution is -0.126. The molecule has 31 heavy (non-hydrogen) atoms. The van der Waals surface area contributed by atoms with Crippen LogP contribution in [0.3, 0.4) is 0 Å². The number of sulfonamides is 1. The Bertz CT molecular complexity index is 1150. The molecule has 0 saturated carbocycles. The molecule has 2 aromatic rings. The summed E-state index contributed by atoms with van der Waals surface area (Å²) >= 11 is 6.94. The molecule has 3 rings (SSSR count). The average molecular weight is 481 g/mol. The number of carbonyl (C=O) groups is 2. The van der Waals surface area contributed by atoms with Gasteiger partial charge in [-0.25, -0.2) is 17.9 Å². The Morgan fingerprint density at radius 3 is 2.84 bits per heavy atom. The van der Waals surface area contributed by atoms with E-state index >= 15 is 0 Å². The number of fused-ring (bicyclic) bond motifs is 1. The highest BCUT2D eigenvalue weighted by Gasteiger charge is 2.34. The summed E-state index contributed by atoms with van der Waals surface area (Å²) in [6.45, 7) is 4.09. The number of thiophene rings is 1. The maximum atomic E-state index is 12.7. The first kappa shape index (κ1) is 23.2. The SMILES string of the molecule is C=CCNS(=O)(=O)c1sc2c(c1C(=O)OC)CCN(C(=O)C=Cc1cccc(Cl)c1)C2. The smallest absolute Gasteiger partial charge is 0.340 e. The third kappa shape index (κ3) is 5.24. The summed E-state index contributed by atoms with van der Waals surface area (Å²) in [5, 5.41) is 0.574. The second-order valence-corrected chi connectivity index (χ2v) is 10.2.